The largest absolute Gasteiger partial charge is 0.273 e. The molecule has 2 N–H and O–H groups in total. The zero-order valence-electron chi connectivity index (χ0n) is 9.83. The number of hydrazine groups is 1. The lowest BCUT2D eigenvalue weighted by atomic mass is 9.92. The van der Waals surface area contributed by atoms with Crippen molar-refractivity contribution in [1.82, 2.24) is 0 Å². The van der Waals surface area contributed by atoms with Crippen LogP contribution in [0.25, 0.3) is 0 Å². The zero-order chi connectivity index (χ0) is 12.3. The zero-order valence-corrected chi connectivity index (χ0v) is 9.83. The molecule has 3 nitrogen and oxygen atoms in total. The normalized spacial score (nSPS) is 11.3. The van der Waals surface area contributed by atoms with Crippen LogP contribution in [0.2, 0.25) is 0 Å². The lowest BCUT2D eigenvalue weighted by molar-refractivity contribution is -0.120. The van der Waals surface area contributed by atoms with Crippen LogP contribution >= 0.6 is 0 Å². The fourth-order valence-electron chi connectivity index (χ4n) is 1.28. The van der Waals surface area contributed by atoms with Gasteiger partial charge in [0.25, 0.3) is 0 Å². The highest BCUT2D eigenvalue weighted by molar-refractivity contribution is 5.92. The standard InChI is InChI=1S/C12H17FN2O/c1-12(2,3)8-11(16)15(14)10-6-4-9(13)5-7-10/h4-7H,8,14H2,1-3H3. The van der Waals surface area contributed by atoms with Crippen molar-refractivity contribution >= 4 is 11.6 Å². The molecule has 0 bridgehead atoms. The predicted octanol–water partition coefficient (Wildman–Crippen LogP) is 2.47. The Bertz CT molecular complexity index is 368. The van der Waals surface area contributed by atoms with Crippen LogP contribution in [0.15, 0.2) is 24.3 Å². The third kappa shape index (κ3) is 3.62. The number of carbonyl (C=O) groups is 1. The van der Waals surface area contributed by atoms with Gasteiger partial charge in [-0.05, 0) is 29.7 Å². The smallest absolute Gasteiger partial charge is 0.241 e. The molecule has 1 rings (SSSR count). The number of carbonyl (C=O) groups excluding carboxylic acids is 1. The molecular weight excluding hydrogens is 207 g/mol. The average Bonchev–Trinajstić information content (AvgIpc) is 2.15. The molecule has 88 valence electrons. The summed E-state index contributed by atoms with van der Waals surface area (Å²) in [6, 6.07) is 5.52. The van der Waals surface area contributed by atoms with Crippen LogP contribution < -0.4 is 10.9 Å². The number of amides is 1. The number of nitrogens with zero attached hydrogens (tertiary/aromatic N) is 1. The van der Waals surface area contributed by atoms with Gasteiger partial charge in [-0.25, -0.2) is 15.2 Å². The molecule has 0 saturated heterocycles. The Morgan fingerprint density at radius 1 is 1.31 bits per heavy atom. The lowest BCUT2D eigenvalue weighted by Crippen LogP contribution is -2.39. The second-order valence-electron chi connectivity index (χ2n) is 4.98. The van der Waals surface area contributed by atoms with Crippen LogP contribution in [-0.2, 0) is 4.79 Å². The topological polar surface area (TPSA) is 46.3 Å². The van der Waals surface area contributed by atoms with Gasteiger partial charge in [0, 0.05) is 6.42 Å². The molecule has 0 atom stereocenters. The van der Waals surface area contributed by atoms with Gasteiger partial charge in [-0.3, -0.25) is 4.79 Å². The van der Waals surface area contributed by atoms with E-state index in [0.717, 1.165) is 5.01 Å². The Labute approximate surface area is 95.0 Å². The Morgan fingerprint density at radius 3 is 2.25 bits per heavy atom. The molecule has 1 aromatic rings. The van der Waals surface area contributed by atoms with Gasteiger partial charge in [0.1, 0.15) is 5.82 Å². The van der Waals surface area contributed by atoms with Crippen molar-refractivity contribution in [2.24, 2.45) is 11.3 Å². The number of halogens is 1. The Kier molecular flexibility index (Phi) is 3.65. The van der Waals surface area contributed by atoms with E-state index in [1.165, 1.54) is 24.3 Å². The average molecular weight is 224 g/mol. The molecule has 0 aliphatic rings. The van der Waals surface area contributed by atoms with E-state index < -0.39 is 0 Å². The van der Waals surface area contributed by atoms with Gasteiger partial charge < -0.3 is 0 Å². The highest BCUT2D eigenvalue weighted by atomic mass is 19.1. The van der Waals surface area contributed by atoms with Crippen molar-refractivity contribution in [3.05, 3.63) is 30.1 Å². The summed E-state index contributed by atoms with van der Waals surface area (Å²) in [7, 11) is 0. The molecule has 4 heteroatoms. The minimum absolute atomic E-state index is 0.116. The van der Waals surface area contributed by atoms with Gasteiger partial charge in [-0.15, -0.1) is 0 Å². The van der Waals surface area contributed by atoms with E-state index in [2.05, 4.69) is 0 Å². The lowest BCUT2D eigenvalue weighted by Gasteiger charge is -2.22. The van der Waals surface area contributed by atoms with E-state index in [-0.39, 0.29) is 17.1 Å². The minimum Gasteiger partial charge on any atom is -0.273 e. The van der Waals surface area contributed by atoms with Crippen molar-refractivity contribution < 1.29 is 9.18 Å². The summed E-state index contributed by atoms with van der Waals surface area (Å²) in [4.78, 5) is 11.8. The maximum atomic E-state index is 12.7. The molecule has 0 aliphatic carbocycles. The molecule has 0 unspecified atom stereocenters. The third-order valence-corrected chi connectivity index (χ3v) is 2.06. The quantitative estimate of drug-likeness (QED) is 0.476. The molecule has 0 radical (unpaired) electrons. The van der Waals surface area contributed by atoms with Crippen LogP contribution in [0.5, 0.6) is 0 Å². The van der Waals surface area contributed by atoms with Crippen molar-refractivity contribution in [2.75, 3.05) is 5.01 Å². The number of nitrogens with two attached hydrogens (primary N) is 1. The summed E-state index contributed by atoms with van der Waals surface area (Å²) in [5, 5.41) is 1.06. The second-order valence-corrected chi connectivity index (χ2v) is 4.98. The fourth-order valence-corrected chi connectivity index (χ4v) is 1.28. The summed E-state index contributed by atoms with van der Waals surface area (Å²) in [6.45, 7) is 5.89. The summed E-state index contributed by atoms with van der Waals surface area (Å²) >= 11 is 0. The highest BCUT2D eigenvalue weighted by Gasteiger charge is 2.20. The van der Waals surface area contributed by atoms with Gasteiger partial charge in [0.15, 0.2) is 0 Å². The van der Waals surface area contributed by atoms with Gasteiger partial charge >= 0.3 is 0 Å². The predicted molar refractivity (Wildman–Crippen MR) is 62.1 cm³/mol. The molecule has 0 heterocycles. The Balaban J connectivity index is 2.74. The first kappa shape index (κ1) is 12.6. The summed E-state index contributed by atoms with van der Waals surface area (Å²) in [5.41, 5.74) is 0.380. The van der Waals surface area contributed by atoms with Crippen molar-refractivity contribution in [3.8, 4) is 0 Å². The second kappa shape index (κ2) is 4.61. The molecule has 1 amide bonds. The molecule has 1 aromatic carbocycles. The fraction of sp³-hybridized carbons (Fsp3) is 0.417. The van der Waals surface area contributed by atoms with Gasteiger partial charge in [0.2, 0.25) is 5.91 Å². The third-order valence-electron chi connectivity index (χ3n) is 2.06. The van der Waals surface area contributed by atoms with Crippen LogP contribution in [0.4, 0.5) is 10.1 Å². The van der Waals surface area contributed by atoms with Crippen molar-refractivity contribution in [2.45, 2.75) is 27.2 Å². The highest BCUT2D eigenvalue weighted by Crippen LogP contribution is 2.21. The van der Waals surface area contributed by atoms with Crippen LogP contribution in [0.3, 0.4) is 0 Å². The van der Waals surface area contributed by atoms with Crippen LogP contribution in [0, 0.1) is 11.2 Å². The Morgan fingerprint density at radius 2 is 1.81 bits per heavy atom. The molecule has 0 fully saturated rings. The number of anilines is 1. The minimum atomic E-state index is -0.347. The summed E-state index contributed by atoms with van der Waals surface area (Å²) in [5.74, 6) is 5.13. The van der Waals surface area contributed by atoms with E-state index >= 15 is 0 Å². The number of benzene rings is 1. The molecule has 0 saturated carbocycles. The first-order valence-electron chi connectivity index (χ1n) is 5.13. The molecule has 0 aliphatic heterocycles. The number of hydrogen-bond acceptors (Lipinski definition) is 2. The summed E-state index contributed by atoms with van der Waals surface area (Å²) < 4.78 is 12.7. The van der Waals surface area contributed by atoms with Crippen LogP contribution in [-0.4, -0.2) is 5.91 Å². The molecule has 0 spiro atoms. The molecular formula is C12H17FN2O. The van der Waals surface area contributed by atoms with E-state index in [4.69, 9.17) is 5.84 Å². The number of hydrogen-bond donors (Lipinski definition) is 1. The Hall–Kier alpha value is -1.42. The van der Waals surface area contributed by atoms with E-state index in [1.54, 1.807) is 0 Å². The monoisotopic (exact) mass is 224 g/mol. The molecule has 16 heavy (non-hydrogen) atoms. The number of rotatable bonds is 2. The van der Waals surface area contributed by atoms with Gasteiger partial charge in [-0.2, -0.15) is 0 Å². The van der Waals surface area contributed by atoms with E-state index in [1.807, 2.05) is 20.8 Å². The summed E-state index contributed by atoms with van der Waals surface area (Å²) in [6.07, 6.45) is 0.348. The SMILES string of the molecule is CC(C)(C)CC(=O)N(N)c1ccc(F)cc1. The van der Waals surface area contributed by atoms with E-state index in [9.17, 15) is 9.18 Å². The van der Waals surface area contributed by atoms with Crippen molar-refractivity contribution in [1.29, 1.82) is 0 Å². The van der Waals surface area contributed by atoms with Gasteiger partial charge in [-0.1, -0.05) is 20.8 Å². The van der Waals surface area contributed by atoms with Crippen molar-refractivity contribution in [3.63, 3.8) is 0 Å². The van der Waals surface area contributed by atoms with E-state index in [0.29, 0.717) is 12.1 Å². The maximum absolute atomic E-state index is 12.7. The first-order valence-corrected chi connectivity index (χ1v) is 5.13. The van der Waals surface area contributed by atoms with Gasteiger partial charge in [0.05, 0.1) is 5.69 Å². The molecule has 0 aromatic heterocycles. The van der Waals surface area contributed by atoms with Crippen LogP contribution in [0.1, 0.15) is 27.2 Å². The maximum Gasteiger partial charge on any atom is 0.241 e. The first-order chi connectivity index (χ1) is 7.29.